The monoisotopic (exact) mass is 303 g/mol. The summed E-state index contributed by atoms with van der Waals surface area (Å²) in [6.45, 7) is 1.65. The fourth-order valence-electron chi connectivity index (χ4n) is 1.63. The van der Waals surface area contributed by atoms with E-state index < -0.39 is 5.97 Å². The Kier molecular flexibility index (Phi) is 6.12. The molecule has 1 aromatic rings. The number of rotatable bonds is 6. The van der Waals surface area contributed by atoms with Crippen LogP contribution in [0.25, 0.3) is 0 Å². The number of benzene rings is 1. The smallest absolute Gasteiger partial charge is 0.305 e. The van der Waals surface area contributed by atoms with Gasteiger partial charge in [0.25, 0.3) is 0 Å². The van der Waals surface area contributed by atoms with Gasteiger partial charge in [0.05, 0.1) is 6.42 Å². The largest absolute Gasteiger partial charge is 0.481 e. The van der Waals surface area contributed by atoms with Crippen LogP contribution in [0.3, 0.4) is 0 Å². The zero-order valence-electron chi connectivity index (χ0n) is 10.5. The Balaban J connectivity index is 2.43. The molecule has 1 amide bonds. The minimum absolute atomic E-state index is 0.0898. The number of aryl methyl sites for hydroxylation is 1. The molecule has 1 atom stereocenters. The van der Waals surface area contributed by atoms with E-state index in [4.69, 9.17) is 28.3 Å². The lowest BCUT2D eigenvalue weighted by molar-refractivity contribution is -0.137. The normalized spacial score (nSPS) is 11.9. The number of hydrogen-bond acceptors (Lipinski definition) is 2. The molecule has 1 rings (SSSR count). The molecule has 19 heavy (non-hydrogen) atoms. The highest BCUT2D eigenvalue weighted by molar-refractivity contribution is 6.35. The average molecular weight is 304 g/mol. The van der Waals surface area contributed by atoms with Crippen LogP contribution in [0.1, 0.15) is 25.3 Å². The van der Waals surface area contributed by atoms with Crippen molar-refractivity contribution in [2.24, 2.45) is 0 Å². The van der Waals surface area contributed by atoms with E-state index in [-0.39, 0.29) is 24.8 Å². The van der Waals surface area contributed by atoms with Gasteiger partial charge >= 0.3 is 5.97 Å². The van der Waals surface area contributed by atoms with Crippen molar-refractivity contribution in [3.8, 4) is 0 Å². The Labute approximate surface area is 121 Å². The van der Waals surface area contributed by atoms with Crippen molar-refractivity contribution in [3.05, 3.63) is 33.8 Å². The fraction of sp³-hybridized carbons (Fsp3) is 0.385. The van der Waals surface area contributed by atoms with E-state index in [0.717, 1.165) is 5.56 Å². The maximum absolute atomic E-state index is 11.6. The predicted octanol–water partition coefficient (Wildman–Crippen LogP) is 2.91. The van der Waals surface area contributed by atoms with Gasteiger partial charge in [-0.3, -0.25) is 9.59 Å². The van der Waals surface area contributed by atoms with E-state index in [2.05, 4.69) is 5.32 Å². The molecule has 0 spiro atoms. The summed E-state index contributed by atoms with van der Waals surface area (Å²) in [4.78, 5) is 22.1. The van der Waals surface area contributed by atoms with Gasteiger partial charge in [-0.1, -0.05) is 29.3 Å². The highest BCUT2D eigenvalue weighted by atomic mass is 35.5. The van der Waals surface area contributed by atoms with Crippen molar-refractivity contribution in [3.63, 3.8) is 0 Å². The van der Waals surface area contributed by atoms with E-state index in [1.807, 2.05) is 0 Å². The zero-order chi connectivity index (χ0) is 14.4. The van der Waals surface area contributed by atoms with Crippen LogP contribution >= 0.6 is 23.2 Å². The lowest BCUT2D eigenvalue weighted by atomic mass is 10.1. The molecule has 0 aliphatic heterocycles. The van der Waals surface area contributed by atoms with Gasteiger partial charge in [0.2, 0.25) is 5.91 Å². The molecule has 0 saturated carbocycles. The summed E-state index contributed by atoms with van der Waals surface area (Å²) < 4.78 is 0. The third kappa shape index (κ3) is 5.94. The van der Waals surface area contributed by atoms with Crippen LogP contribution in [0.5, 0.6) is 0 Å². The molecule has 0 aliphatic rings. The number of carbonyl (C=O) groups is 2. The first kappa shape index (κ1) is 15.8. The molecule has 0 heterocycles. The van der Waals surface area contributed by atoms with Crippen molar-refractivity contribution in [1.82, 2.24) is 5.32 Å². The first-order valence-electron chi connectivity index (χ1n) is 5.83. The van der Waals surface area contributed by atoms with E-state index in [0.29, 0.717) is 16.5 Å². The molecule has 1 aromatic carbocycles. The molecule has 104 valence electrons. The summed E-state index contributed by atoms with van der Waals surface area (Å²) in [5.41, 5.74) is 0.840. The van der Waals surface area contributed by atoms with Crippen LogP contribution < -0.4 is 5.32 Å². The number of aliphatic carboxylic acids is 1. The fourth-order valence-corrected chi connectivity index (χ4v) is 2.14. The lowest BCUT2D eigenvalue weighted by Gasteiger charge is -2.11. The number of hydrogen-bond donors (Lipinski definition) is 2. The standard InChI is InChI=1S/C13H15Cl2NO3/c1-8(6-13(18)19)16-12(17)5-3-9-2-4-10(14)7-11(9)15/h2,4,7-8H,3,5-6H2,1H3,(H,16,17)(H,18,19). The highest BCUT2D eigenvalue weighted by Gasteiger charge is 2.11. The minimum Gasteiger partial charge on any atom is -0.481 e. The zero-order valence-corrected chi connectivity index (χ0v) is 12.0. The molecule has 0 bridgehead atoms. The summed E-state index contributed by atoms with van der Waals surface area (Å²) in [6.07, 6.45) is 0.653. The summed E-state index contributed by atoms with van der Waals surface area (Å²) >= 11 is 11.8. The Morgan fingerprint density at radius 3 is 2.63 bits per heavy atom. The number of halogens is 2. The molecule has 1 unspecified atom stereocenters. The number of nitrogens with one attached hydrogen (secondary N) is 1. The third-order valence-corrected chi connectivity index (χ3v) is 3.11. The van der Waals surface area contributed by atoms with Crippen LogP contribution in [-0.4, -0.2) is 23.0 Å². The number of amides is 1. The van der Waals surface area contributed by atoms with E-state index in [1.54, 1.807) is 25.1 Å². The van der Waals surface area contributed by atoms with Crippen molar-refractivity contribution in [2.75, 3.05) is 0 Å². The summed E-state index contributed by atoms with van der Waals surface area (Å²) in [6, 6.07) is 4.74. The van der Waals surface area contributed by atoms with Gasteiger partial charge in [-0.15, -0.1) is 0 Å². The van der Waals surface area contributed by atoms with Crippen LogP contribution in [-0.2, 0) is 16.0 Å². The third-order valence-electron chi connectivity index (χ3n) is 2.52. The van der Waals surface area contributed by atoms with Gasteiger partial charge in [0, 0.05) is 22.5 Å². The molecule has 0 radical (unpaired) electrons. The van der Waals surface area contributed by atoms with E-state index in [9.17, 15) is 9.59 Å². The predicted molar refractivity (Wildman–Crippen MR) is 74.6 cm³/mol. The van der Waals surface area contributed by atoms with Crippen LogP contribution in [0.15, 0.2) is 18.2 Å². The Morgan fingerprint density at radius 2 is 2.05 bits per heavy atom. The molecular weight excluding hydrogens is 289 g/mol. The lowest BCUT2D eigenvalue weighted by Crippen LogP contribution is -2.34. The topological polar surface area (TPSA) is 66.4 Å². The Hall–Kier alpha value is -1.26. The first-order chi connectivity index (χ1) is 8.88. The Morgan fingerprint density at radius 1 is 1.37 bits per heavy atom. The minimum atomic E-state index is -0.937. The molecular formula is C13H15Cl2NO3. The SMILES string of the molecule is CC(CC(=O)O)NC(=O)CCc1ccc(Cl)cc1Cl. The molecule has 0 saturated heterocycles. The van der Waals surface area contributed by atoms with Gasteiger partial charge in [0.1, 0.15) is 0 Å². The van der Waals surface area contributed by atoms with E-state index in [1.165, 1.54) is 0 Å². The van der Waals surface area contributed by atoms with Gasteiger partial charge in [-0.25, -0.2) is 0 Å². The molecule has 0 aliphatic carbocycles. The van der Waals surface area contributed by atoms with Gasteiger partial charge in [0.15, 0.2) is 0 Å². The molecule has 0 fully saturated rings. The summed E-state index contributed by atoms with van der Waals surface area (Å²) in [5.74, 6) is -1.13. The molecule has 0 aromatic heterocycles. The summed E-state index contributed by atoms with van der Waals surface area (Å²) in [5, 5.41) is 12.3. The van der Waals surface area contributed by atoms with Gasteiger partial charge in [-0.2, -0.15) is 0 Å². The highest BCUT2D eigenvalue weighted by Crippen LogP contribution is 2.21. The second-order valence-corrected chi connectivity index (χ2v) is 5.15. The quantitative estimate of drug-likeness (QED) is 0.849. The van der Waals surface area contributed by atoms with Gasteiger partial charge < -0.3 is 10.4 Å². The van der Waals surface area contributed by atoms with Gasteiger partial charge in [-0.05, 0) is 31.0 Å². The molecule has 2 N–H and O–H groups in total. The number of carbonyl (C=O) groups excluding carboxylic acids is 1. The molecule has 4 nitrogen and oxygen atoms in total. The van der Waals surface area contributed by atoms with E-state index >= 15 is 0 Å². The van der Waals surface area contributed by atoms with Crippen LogP contribution in [0.2, 0.25) is 10.0 Å². The van der Waals surface area contributed by atoms with Crippen molar-refractivity contribution in [2.45, 2.75) is 32.2 Å². The number of carboxylic acid groups (broad SMARTS) is 1. The number of carboxylic acids is 1. The second kappa shape index (κ2) is 7.36. The van der Waals surface area contributed by atoms with Crippen molar-refractivity contribution in [1.29, 1.82) is 0 Å². The Bertz CT molecular complexity index is 477. The molecule has 6 heteroatoms. The maximum Gasteiger partial charge on any atom is 0.305 e. The van der Waals surface area contributed by atoms with Crippen molar-refractivity contribution >= 4 is 35.1 Å². The second-order valence-electron chi connectivity index (χ2n) is 4.30. The summed E-state index contributed by atoms with van der Waals surface area (Å²) in [7, 11) is 0. The first-order valence-corrected chi connectivity index (χ1v) is 6.59. The van der Waals surface area contributed by atoms with Crippen LogP contribution in [0.4, 0.5) is 0 Å². The average Bonchev–Trinajstić information content (AvgIpc) is 2.26. The van der Waals surface area contributed by atoms with Crippen LogP contribution in [0, 0.1) is 0 Å². The maximum atomic E-state index is 11.6. The van der Waals surface area contributed by atoms with Crippen molar-refractivity contribution < 1.29 is 14.7 Å².